The number of nitrogens with one attached hydrogen (secondary N) is 1. The van der Waals surface area contributed by atoms with Crippen molar-refractivity contribution in [3.8, 4) is 5.75 Å². The number of hydrogen-bond acceptors (Lipinski definition) is 3. The first kappa shape index (κ1) is 20.0. The number of nitrogens with zero attached hydrogens (tertiary/aromatic N) is 1. The van der Waals surface area contributed by atoms with Crippen LogP contribution in [0.3, 0.4) is 0 Å². The van der Waals surface area contributed by atoms with Crippen LogP contribution >= 0.6 is 0 Å². The molecule has 1 unspecified atom stereocenters. The third kappa shape index (κ3) is 5.87. The Labute approximate surface area is 145 Å². The maximum Gasteiger partial charge on any atom is 0.415 e. The van der Waals surface area contributed by atoms with Crippen molar-refractivity contribution in [2.45, 2.75) is 66.5 Å². The molecule has 0 aliphatic carbocycles. The number of carbonyl (C=O) groups excluding carboxylic acids is 2. The van der Waals surface area contributed by atoms with Crippen molar-refractivity contribution in [1.29, 1.82) is 0 Å². The second kappa shape index (κ2) is 9.30. The van der Waals surface area contributed by atoms with Crippen LogP contribution < -0.4 is 10.1 Å². The summed E-state index contributed by atoms with van der Waals surface area (Å²) in [6.07, 6.45) is 1.42. The molecule has 0 aliphatic rings. The summed E-state index contributed by atoms with van der Waals surface area (Å²) in [7, 11) is 0. The Hall–Kier alpha value is -2.04. The Morgan fingerprint density at radius 2 is 1.75 bits per heavy atom. The minimum absolute atomic E-state index is 0.0219. The molecule has 0 bridgehead atoms. The zero-order valence-corrected chi connectivity index (χ0v) is 15.6. The van der Waals surface area contributed by atoms with Crippen LogP contribution in [0.15, 0.2) is 24.3 Å². The fourth-order valence-electron chi connectivity index (χ4n) is 2.64. The molecule has 0 aromatic heterocycles. The topological polar surface area (TPSA) is 58.6 Å². The summed E-state index contributed by atoms with van der Waals surface area (Å²) in [6, 6.07) is 7.04. The number of ether oxygens (including phenoxy) is 1. The van der Waals surface area contributed by atoms with Gasteiger partial charge in [0.25, 0.3) is 0 Å². The molecule has 1 atom stereocenters. The van der Waals surface area contributed by atoms with Gasteiger partial charge in [-0.25, -0.2) is 4.79 Å². The van der Waals surface area contributed by atoms with E-state index in [0.717, 1.165) is 12.8 Å². The second-order valence-electron chi connectivity index (χ2n) is 6.67. The van der Waals surface area contributed by atoms with Crippen molar-refractivity contribution in [1.82, 2.24) is 4.90 Å². The van der Waals surface area contributed by atoms with Crippen LogP contribution in [0.5, 0.6) is 5.75 Å². The number of anilines is 1. The fourth-order valence-corrected chi connectivity index (χ4v) is 2.64. The van der Waals surface area contributed by atoms with E-state index >= 15 is 0 Å². The first-order chi connectivity index (χ1) is 11.3. The van der Waals surface area contributed by atoms with Gasteiger partial charge in [-0.15, -0.1) is 0 Å². The number of rotatable bonds is 7. The fraction of sp³-hybridized carbons (Fsp3) is 0.579. The highest BCUT2D eigenvalue weighted by Gasteiger charge is 2.22. The van der Waals surface area contributed by atoms with E-state index in [1.807, 2.05) is 34.6 Å². The smallest absolute Gasteiger partial charge is 0.410 e. The van der Waals surface area contributed by atoms with Crippen LogP contribution in [-0.2, 0) is 4.79 Å². The summed E-state index contributed by atoms with van der Waals surface area (Å²) in [6.45, 7) is 11.8. The number of hydrogen-bond donors (Lipinski definition) is 1. The molecule has 1 aromatic carbocycles. The molecule has 0 heterocycles. The first-order valence-corrected chi connectivity index (χ1v) is 8.67. The van der Waals surface area contributed by atoms with E-state index in [0.29, 0.717) is 11.4 Å². The molecule has 0 radical (unpaired) electrons. The monoisotopic (exact) mass is 334 g/mol. The number of benzene rings is 1. The van der Waals surface area contributed by atoms with E-state index in [2.05, 4.69) is 12.2 Å². The van der Waals surface area contributed by atoms with Gasteiger partial charge >= 0.3 is 6.09 Å². The van der Waals surface area contributed by atoms with Gasteiger partial charge in [0.15, 0.2) is 0 Å². The molecule has 1 rings (SSSR count). The van der Waals surface area contributed by atoms with Gasteiger partial charge in [0.1, 0.15) is 5.75 Å². The van der Waals surface area contributed by atoms with E-state index in [1.165, 1.54) is 0 Å². The SMILES string of the molecule is CCCC(C)C(=O)Nc1cccc(OC(=O)N(C(C)C)C(C)C)c1. The molecular formula is C19H30N2O3. The number of amides is 2. The lowest BCUT2D eigenvalue weighted by Crippen LogP contribution is -2.43. The third-order valence-corrected chi connectivity index (χ3v) is 3.80. The van der Waals surface area contributed by atoms with Gasteiger partial charge in [0.05, 0.1) is 0 Å². The third-order valence-electron chi connectivity index (χ3n) is 3.80. The van der Waals surface area contributed by atoms with Crippen molar-refractivity contribution in [2.24, 2.45) is 5.92 Å². The lowest BCUT2D eigenvalue weighted by Gasteiger charge is -2.29. The first-order valence-electron chi connectivity index (χ1n) is 8.67. The van der Waals surface area contributed by atoms with Crippen molar-refractivity contribution >= 4 is 17.7 Å². The van der Waals surface area contributed by atoms with Gasteiger partial charge < -0.3 is 15.0 Å². The van der Waals surface area contributed by atoms with Gasteiger partial charge in [-0.2, -0.15) is 0 Å². The molecule has 1 aromatic rings. The summed E-state index contributed by atoms with van der Waals surface area (Å²) in [5, 5.41) is 2.87. The Morgan fingerprint density at radius 1 is 1.12 bits per heavy atom. The maximum absolute atomic E-state index is 12.3. The second-order valence-corrected chi connectivity index (χ2v) is 6.67. The zero-order chi connectivity index (χ0) is 18.3. The molecule has 1 N–H and O–H groups in total. The van der Waals surface area contributed by atoms with Crippen LogP contribution in [0.1, 0.15) is 54.4 Å². The highest BCUT2D eigenvalue weighted by atomic mass is 16.6. The van der Waals surface area contributed by atoms with Gasteiger partial charge in [0, 0.05) is 29.8 Å². The molecule has 5 heteroatoms. The van der Waals surface area contributed by atoms with Crippen molar-refractivity contribution in [3.63, 3.8) is 0 Å². The average Bonchev–Trinajstić information content (AvgIpc) is 2.46. The molecule has 24 heavy (non-hydrogen) atoms. The summed E-state index contributed by atoms with van der Waals surface area (Å²) in [4.78, 5) is 26.1. The van der Waals surface area contributed by atoms with Crippen LogP contribution in [0.2, 0.25) is 0 Å². The normalized spacial score (nSPS) is 12.2. The average molecular weight is 334 g/mol. The molecule has 0 saturated carbocycles. The van der Waals surface area contributed by atoms with Gasteiger partial charge in [0.2, 0.25) is 5.91 Å². The zero-order valence-electron chi connectivity index (χ0n) is 15.6. The van der Waals surface area contributed by atoms with E-state index in [-0.39, 0.29) is 30.0 Å². The summed E-state index contributed by atoms with van der Waals surface area (Å²) in [5.41, 5.74) is 0.633. The Morgan fingerprint density at radius 3 is 2.29 bits per heavy atom. The molecule has 0 aliphatic heterocycles. The van der Waals surface area contributed by atoms with E-state index in [9.17, 15) is 9.59 Å². The lowest BCUT2D eigenvalue weighted by atomic mass is 10.1. The highest BCUT2D eigenvalue weighted by molar-refractivity contribution is 5.92. The lowest BCUT2D eigenvalue weighted by molar-refractivity contribution is -0.119. The van der Waals surface area contributed by atoms with E-state index in [1.54, 1.807) is 29.2 Å². The van der Waals surface area contributed by atoms with Gasteiger partial charge in [-0.1, -0.05) is 26.3 Å². The Bertz CT molecular complexity index is 547. The maximum atomic E-state index is 12.3. The van der Waals surface area contributed by atoms with Crippen molar-refractivity contribution < 1.29 is 14.3 Å². The quantitative estimate of drug-likeness (QED) is 0.787. The highest BCUT2D eigenvalue weighted by Crippen LogP contribution is 2.20. The van der Waals surface area contributed by atoms with Gasteiger partial charge in [-0.3, -0.25) is 4.79 Å². The Balaban J connectivity index is 2.78. The molecule has 0 fully saturated rings. The van der Waals surface area contributed by atoms with Crippen LogP contribution in [0.4, 0.5) is 10.5 Å². The predicted octanol–water partition coefficient (Wildman–Crippen LogP) is 4.68. The summed E-state index contributed by atoms with van der Waals surface area (Å²) >= 11 is 0. The molecule has 0 spiro atoms. The molecule has 0 saturated heterocycles. The Kier molecular flexibility index (Phi) is 7.75. The number of carbonyl (C=O) groups is 2. The van der Waals surface area contributed by atoms with Crippen LogP contribution in [0.25, 0.3) is 0 Å². The van der Waals surface area contributed by atoms with Crippen molar-refractivity contribution in [2.75, 3.05) is 5.32 Å². The molecular weight excluding hydrogens is 304 g/mol. The summed E-state index contributed by atoms with van der Waals surface area (Å²) in [5.74, 6) is 0.358. The van der Waals surface area contributed by atoms with Crippen LogP contribution in [0, 0.1) is 5.92 Å². The molecule has 2 amide bonds. The molecule has 5 nitrogen and oxygen atoms in total. The largest absolute Gasteiger partial charge is 0.415 e. The van der Waals surface area contributed by atoms with Crippen LogP contribution in [-0.4, -0.2) is 29.0 Å². The predicted molar refractivity (Wildman–Crippen MR) is 97.3 cm³/mol. The minimum atomic E-state index is -0.386. The summed E-state index contributed by atoms with van der Waals surface area (Å²) < 4.78 is 5.47. The van der Waals surface area contributed by atoms with Gasteiger partial charge in [-0.05, 0) is 46.2 Å². The minimum Gasteiger partial charge on any atom is -0.410 e. The molecule has 134 valence electrons. The standard InChI is InChI=1S/C19H30N2O3/c1-7-9-15(6)18(22)20-16-10-8-11-17(12-16)24-19(23)21(13(2)3)14(4)5/h8,10-15H,7,9H2,1-6H3,(H,20,22). The van der Waals surface area contributed by atoms with E-state index in [4.69, 9.17) is 4.74 Å². The van der Waals surface area contributed by atoms with Crippen molar-refractivity contribution in [3.05, 3.63) is 24.3 Å². The van der Waals surface area contributed by atoms with E-state index < -0.39 is 0 Å².